The van der Waals surface area contributed by atoms with Crippen LogP contribution in [-0.2, 0) is 23.8 Å². The van der Waals surface area contributed by atoms with Crippen LogP contribution in [0.2, 0.25) is 0 Å². The topological polar surface area (TPSA) is 175 Å². The van der Waals surface area contributed by atoms with Gasteiger partial charge in [-0.2, -0.15) is 0 Å². The maximum absolute atomic E-state index is 13.0. The third-order valence-corrected chi connectivity index (χ3v) is 14.8. The van der Waals surface area contributed by atoms with E-state index in [1.807, 2.05) is 6.08 Å². The second-order valence-electron chi connectivity index (χ2n) is 22.1. The first-order valence-corrected chi connectivity index (χ1v) is 32.1. The molecular formula is C66H119NO10. The van der Waals surface area contributed by atoms with Crippen LogP contribution in [0, 0.1) is 0 Å². The van der Waals surface area contributed by atoms with Crippen molar-refractivity contribution in [1.29, 1.82) is 0 Å². The highest BCUT2D eigenvalue weighted by Crippen LogP contribution is 2.23. The molecule has 1 rings (SSSR count). The number of ether oxygens (including phenoxy) is 3. The van der Waals surface area contributed by atoms with Gasteiger partial charge in [0.1, 0.15) is 24.4 Å². The molecule has 0 aliphatic carbocycles. The van der Waals surface area contributed by atoms with Crippen molar-refractivity contribution in [2.75, 3.05) is 19.8 Å². The number of rotatable bonds is 55. The third kappa shape index (κ3) is 44.8. The Bertz CT molecular complexity index is 1460. The monoisotopic (exact) mass is 1090 g/mol. The molecule has 1 heterocycles. The molecule has 0 aromatic rings. The summed E-state index contributed by atoms with van der Waals surface area (Å²) in [7, 11) is 0. The van der Waals surface area contributed by atoms with Gasteiger partial charge in [0, 0.05) is 12.8 Å². The number of allylic oxidation sites excluding steroid dienone is 8. The van der Waals surface area contributed by atoms with Crippen molar-refractivity contribution in [1.82, 2.24) is 5.32 Å². The van der Waals surface area contributed by atoms with Crippen LogP contribution in [0.1, 0.15) is 284 Å². The number of carbonyl (C=O) groups is 2. The number of aliphatic hydroxyl groups is 5. The molecule has 1 aliphatic rings. The Hall–Kier alpha value is -2.64. The molecular weight excluding hydrogens is 967 g/mol. The number of aliphatic hydroxyl groups excluding tert-OH is 5. The first-order chi connectivity index (χ1) is 37.7. The molecule has 11 heteroatoms. The summed E-state index contributed by atoms with van der Waals surface area (Å²) in [5.41, 5.74) is 0. The average Bonchev–Trinajstić information content (AvgIpc) is 3.43. The first-order valence-electron chi connectivity index (χ1n) is 32.1. The predicted octanol–water partition coefficient (Wildman–Crippen LogP) is 15.4. The molecule has 0 radical (unpaired) electrons. The van der Waals surface area contributed by atoms with Crippen molar-refractivity contribution < 1.29 is 49.3 Å². The Morgan fingerprint density at radius 2 is 0.883 bits per heavy atom. The number of amides is 1. The highest BCUT2D eigenvalue weighted by molar-refractivity contribution is 5.76. The van der Waals surface area contributed by atoms with E-state index in [-0.39, 0.29) is 18.5 Å². The summed E-state index contributed by atoms with van der Waals surface area (Å²) < 4.78 is 16.6. The molecule has 1 amide bonds. The van der Waals surface area contributed by atoms with Gasteiger partial charge < -0.3 is 45.1 Å². The van der Waals surface area contributed by atoms with Gasteiger partial charge in [-0.25, -0.2) is 0 Å². The van der Waals surface area contributed by atoms with E-state index in [9.17, 15) is 35.1 Å². The van der Waals surface area contributed by atoms with Gasteiger partial charge >= 0.3 is 5.97 Å². The normalized spacial score (nSPS) is 19.0. The van der Waals surface area contributed by atoms with Crippen molar-refractivity contribution in [3.63, 3.8) is 0 Å². The van der Waals surface area contributed by atoms with E-state index >= 15 is 0 Å². The lowest BCUT2D eigenvalue weighted by molar-refractivity contribution is -0.302. The molecule has 11 nitrogen and oxygen atoms in total. The van der Waals surface area contributed by atoms with E-state index in [4.69, 9.17) is 14.2 Å². The van der Waals surface area contributed by atoms with Crippen LogP contribution in [0.3, 0.4) is 0 Å². The summed E-state index contributed by atoms with van der Waals surface area (Å²) in [4.78, 5) is 25.1. The predicted molar refractivity (Wildman–Crippen MR) is 320 cm³/mol. The zero-order chi connectivity index (χ0) is 55.9. The zero-order valence-electron chi connectivity index (χ0n) is 49.4. The molecule has 448 valence electrons. The summed E-state index contributed by atoms with van der Waals surface area (Å²) in [6.45, 7) is 4.16. The second-order valence-corrected chi connectivity index (χ2v) is 22.1. The highest BCUT2D eigenvalue weighted by Gasteiger charge is 2.44. The van der Waals surface area contributed by atoms with Gasteiger partial charge in [-0.05, 0) is 89.9 Å². The quantitative estimate of drug-likeness (QED) is 0.0195. The van der Waals surface area contributed by atoms with Gasteiger partial charge in [0.2, 0.25) is 5.91 Å². The fraction of sp³-hybridized carbons (Fsp3) is 0.818. The Morgan fingerprint density at radius 3 is 1.39 bits per heavy atom. The van der Waals surface area contributed by atoms with Gasteiger partial charge in [-0.15, -0.1) is 0 Å². The fourth-order valence-corrected chi connectivity index (χ4v) is 9.75. The highest BCUT2D eigenvalue weighted by atomic mass is 16.7. The van der Waals surface area contributed by atoms with Crippen molar-refractivity contribution in [2.45, 2.75) is 326 Å². The number of hydrogen-bond donors (Lipinski definition) is 6. The van der Waals surface area contributed by atoms with Gasteiger partial charge in [-0.1, -0.05) is 242 Å². The number of nitrogens with one attached hydrogen (secondary N) is 1. The lowest BCUT2D eigenvalue weighted by Gasteiger charge is -2.40. The smallest absolute Gasteiger partial charge is 0.305 e. The van der Waals surface area contributed by atoms with E-state index in [0.29, 0.717) is 19.4 Å². The average molecular weight is 1090 g/mol. The minimum absolute atomic E-state index is 0.0499. The first kappa shape index (κ1) is 72.4. The standard InChI is InChI=1S/C66H119NO10/c1-3-5-7-9-11-13-14-15-16-17-21-25-28-31-34-38-42-46-50-54-62(71)75-55-51-47-43-39-35-32-29-26-23-20-18-19-22-24-27-30-33-37-41-45-49-53-61(70)67-58(59(69)52-48-44-40-36-12-10-8-6-4-2)57-76-66-65(74)64(73)63(72)60(56-68)77-66/h12,15-16,32,35-36,43,47-48,52,58-60,63-66,68-69,72-74H,3-11,13-14,17-31,33-34,37-42,44-46,49-51,53-57H2,1-2H3,(H,67,70)/b16-15-,35-32-,36-12+,47-43-,52-48+. The minimum Gasteiger partial charge on any atom is -0.465 e. The van der Waals surface area contributed by atoms with Crippen LogP contribution in [0.25, 0.3) is 0 Å². The molecule has 7 unspecified atom stereocenters. The Labute approximate surface area is 471 Å². The van der Waals surface area contributed by atoms with Crippen LogP contribution in [0.15, 0.2) is 60.8 Å². The maximum Gasteiger partial charge on any atom is 0.305 e. The van der Waals surface area contributed by atoms with Crippen molar-refractivity contribution >= 4 is 11.9 Å². The molecule has 77 heavy (non-hydrogen) atoms. The fourth-order valence-electron chi connectivity index (χ4n) is 9.75. The summed E-state index contributed by atoms with van der Waals surface area (Å²) >= 11 is 0. The van der Waals surface area contributed by atoms with E-state index in [2.05, 4.69) is 67.8 Å². The van der Waals surface area contributed by atoms with Crippen molar-refractivity contribution in [3.05, 3.63) is 60.8 Å². The van der Waals surface area contributed by atoms with Crippen LogP contribution < -0.4 is 5.32 Å². The summed E-state index contributed by atoms with van der Waals surface area (Å²) in [5, 5.41) is 54.2. The van der Waals surface area contributed by atoms with E-state index in [0.717, 1.165) is 77.0 Å². The Kier molecular flexibility index (Phi) is 52.0. The third-order valence-electron chi connectivity index (χ3n) is 14.8. The largest absolute Gasteiger partial charge is 0.465 e. The summed E-state index contributed by atoms with van der Waals surface area (Å²) in [5.74, 6) is -0.250. The van der Waals surface area contributed by atoms with Gasteiger partial charge in [-0.3, -0.25) is 9.59 Å². The summed E-state index contributed by atoms with van der Waals surface area (Å²) in [6.07, 6.45) is 62.2. The Balaban J connectivity index is 1.99. The Morgan fingerprint density at radius 1 is 0.481 bits per heavy atom. The van der Waals surface area contributed by atoms with Crippen molar-refractivity contribution in [3.8, 4) is 0 Å². The molecule has 6 N–H and O–H groups in total. The lowest BCUT2D eigenvalue weighted by Crippen LogP contribution is -2.60. The number of unbranched alkanes of at least 4 members (excludes halogenated alkanes) is 33. The van der Waals surface area contributed by atoms with E-state index < -0.39 is 49.5 Å². The summed E-state index contributed by atoms with van der Waals surface area (Å²) in [6, 6.07) is -0.831. The molecule has 0 aromatic heterocycles. The molecule has 0 bridgehead atoms. The second kappa shape index (κ2) is 55.3. The van der Waals surface area contributed by atoms with Crippen LogP contribution in [0.5, 0.6) is 0 Å². The van der Waals surface area contributed by atoms with Crippen LogP contribution in [-0.4, -0.2) is 100 Å². The molecule has 1 fully saturated rings. The van der Waals surface area contributed by atoms with E-state index in [1.54, 1.807) is 6.08 Å². The van der Waals surface area contributed by atoms with Gasteiger partial charge in [0.25, 0.3) is 0 Å². The molecule has 0 spiro atoms. The number of esters is 1. The van der Waals surface area contributed by atoms with Gasteiger partial charge in [0.15, 0.2) is 6.29 Å². The van der Waals surface area contributed by atoms with Crippen molar-refractivity contribution in [2.24, 2.45) is 0 Å². The zero-order valence-corrected chi connectivity index (χ0v) is 49.4. The molecule has 7 atom stereocenters. The van der Waals surface area contributed by atoms with Gasteiger partial charge in [0.05, 0.1) is 32.0 Å². The minimum atomic E-state index is -1.58. The lowest BCUT2D eigenvalue weighted by atomic mass is 9.99. The number of hydrogen-bond acceptors (Lipinski definition) is 10. The molecule has 0 aromatic carbocycles. The van der Waals surface area contributed by atoms with Crippen LogP contribution in [0.4, 0.5) is 0 Å². The molecule has 0 saturated carbocycles. The number of carbonyl (C=O) groups excluding carboxylic acids is 2. The molecule has 1 aliphatic heterocycles. The SMILES string of the molecule is CCCCC/C=C/CC/C=C/C(O)C(COC1OC(CO)C(O)C(O)C1O)NC(=O)CCCCCCCCCCCCCCCC/C=C\C/C=C\CCOC(=O)CCCCCCCCCCC/C=C\CCCCCCCC. The van der Waals surface area contributed by atoms with E-state index in [1.165, 1.54) is 180 Å². The van der Waals surface area contributed by atoms with Crippen LogP contribution >= 0.6 is 0 Å². The molecule has 1 saturated heterocycles. The maximum atomic E-state index is 13.0.